The maximum atomic E-state index is 10.9. The molecule has 0 aromatic rings. The fourth-order valence-corrected chi connectivity index (χ4v) is 1.36. The normalized spacial score (nSPS) is 22.7. The number of carbonyl (C=O) groups excluding carboxylic acids is 1. The van der Waals surface area contributed by atoms with E-state index in [1.807, 2.05) is 26.0 Å². The lowest BCUT2D eigenvalue weighted by atomic mass is 9.97. The van der Waals surface area contributed by atoms with Crippen LogP contribution in [0.15, 0.2) is 17.1 Å². The van der Waals surface area contributed by atoms with Crippen LogP contribution in [0.5, 0.6) is 0 Å². The van der Waals surface area contributed by atoms with Gasteiger partial charge in [-0.15, -0.1) is 0 Å². The lowest BCUT2D eigenvalue weighted by molar-refractivity contribution is -0.142. The Morgan fingerprint density at radius 2 is 2.40 bits per heavy atom. The summed E-state index contributed by atoms with van der Waals surface area (Å²) in [6, 6.07) is 0. The average Bonchev–Trinajstić information content (AvgIpc) is 2.57. The van der Waals surface area contributed by atoms with Crippen LogP contribution in [0.25, 0.3) is 0 Å². The first-order chi connectivity index (χ1) is 7.06. The minimum Gasteiger partial charge on any atom is -0.478 e. The standard InChI is InChI=1S/C10H13NO4/c1-3-4-5-6(2)7-8(9(12)13)15-10(14)11-7/h3-4,6,8H,5H2,1-2H3,(H,12,13)/b4-3+/t6-,8+/m1/s1. The molecule has 0 radical (unpaired) electrons. The van der Waals surface area contributed by atoms with Crippen molar-refractivity contribution in [3.8, 4) is 0 Å². The number of ether oxygens (including phenoxy) is 1. The molecule has 0 aromatic heterocycles. The van der Waals surface area contributed by atoms with Crippen LogP contribution >= 0.6 is 0 Å². The summed E-state index contributed by atoms with van der Waals surface area (Å²) in [4.78, 5) is 25.2. The summed E-state index contributed by atoms with van der Waals surface area (Å²) in [5.41, 5.74) is 0.297. The molecule has 1 aliphatic rings. The highest BCUT2D eigenvalue weighted by molar-refractivity contribution is 6.13. The number of hydrogen-bond acceptors (Lipinski definition) is 3. The third-order valence-corrected chi connectivity index (χ3v) is 2.16. The molecule has 1 heterocycles. The van der Waals surface area contributed by atoms with E-state index in [1.165, 1.54) is 0 Å². The molecule has 15 heavy (non-hydrogen) atoms. The second kappa shape index (κ2) is 4.72. The Morgan fingerprint density at radius 1 is 1.73 bits per heavy atom. The molecule has 0 fully saturated rings. The molecule has 1 amide bonds. The number of allylic oxidation sites excluding steroid dienone is 2. The Morgan fingerprint density at radius 3 is 2.93 bits per heavy atom. The first-order valence-corrected chi connectivity index (χ1v) is 4.69. The van der Waals surface area contributed by atoms with Gasteiger partial charge in [0.2, 0.25) is 6.10 Å². The number of hydrogen-bond donors (Lipinski definition) is 1. The van der Waals surface area contributed by atoms with Crippen molar-refractivity contribution >= 4 is 17.8 Å². The number of amides is 1. The second-order valence-corrected chi connectivity index (χ2v) is 3.34. The number of carbonyl (C=O) groups is 2. The Hall–Kier alpha value is -1.65. The molecule has 1 aliphatic heterocycles. The van der Waals surface area contributed by atoms with Gasteiger partial charge in [0.15, 0.2) is 0 Å². The zero-order valence-electron chi connectivity index (χ0n) is 8.64. The number of nitrogens with zero attached hydrogens (tertiary/aromatic N) is 1. The summed E-state index contributed by atoms with van der Waals surface area (Å²) < 4.78 is 4.57. The smallest absolute Gasteiger partial charge is 0.434 e. The molecule has 1 rings (SSSR count). The van der Waals surface area contributed by atoms with Crippen molar-refractivity contribution in [1.29, 1.82) is 0 Å². The van der Waals surface area contributed by atoms with E-state index in [1.54, 1.807) is 0 Å². The minimum absolute atomic E-state index is 0.103. The fourth-order valence-electron chi connectivity index (χ4n) is 1.36. The molecule has 2 atom stereocenters. The van der Waals surface area contributed by atoms with Gasteiger partial charge in [0.05, 0.1) is 5.71 Å². The molecule has 82 valence electrons. The van der Waals surface area contributed by atoms with E-state index < -0.39 is 18.2 Å². The molecule has 5 heteroatoms. The fraction of sp³-hybridized carbons (Fsp3) is 0.500. The van der Waals surface area contributed by atoms with Crippen molar-refractivity contribution < 1.29 is 19.4 Å². The SMILES string of the molecule is C/C=C/C[C@@H](C)C1=NC(=O)O[C@@H]1C(=O)O. The lowest BCUT2D eigenvalue weighted by Gasteiger charge is -2.12. The van der Waals surface area contributed by atoms with Gasteiger partial charge in [-0.3, -0.25) is 0 Å². The number of aliphatic imine (C=N–C) groups is 1. The average molecular weight is 211 g/mol. The number of rotatable bonds is 4. The van der Waals surface area contributed by atoms with Crippen LogP contribution in [0.4, 0.5) is 4.79 Å². The first-order valence-electron chi connectivity index (χ1n) is 4.69. The van der Waals surface area contributed by atoms with Crippen molar-refractivity contribution in [1.82, 2.24) is 0 Å². The van der Waals surface area contributed by atoms with Crippen molar-refractivity contribution in [2.24, 2.45) is 10.9 Å². The van der Waals surface area contributed by atoms with Crippen LogP contribution in [-0.2, 0) is 9.53 Å². The third kappa shape index (κ3) is 2.65. The van der Waals surface area contributed by atoms with Crippen LogP contribution < -0.4 is 0 Å². The number of cyclic esters (lactones) is 1. The highest BCUT2D eigenvalue weighted by atomic mass is 16.6. The quantitative estimate of drug-likeness (QED) is 0.717. The summed E-state index contributed by atoms with van der Waals surface area (Å²) in [5.74, 6) is -1.28. The van der Waals surface area contributed by atoms with Gasteiger partial charge >= 0.3 is 12.1 Å². The summed E-state index contributed by atoms with van der Waals surface area (Å²) >= 11 is 0. The first kappa shape index (κ1) is 11.4. The Bertz CT molecular complexity index is 332. The van der Waals surface area contributed by atoms with Crippen LogP contribution in [0, 0.1) is 5.92 Å². The van der Waals surface area contributed by atoms with E-state index in [2.05, 4.69) is 9.73 Å². The molecule has 0 bridgehead atoms. The van der Waals surface area contributed by atoms with Crippen molar-refractivity contribution in [3.05, 3.63) is 12.2 Å². The Kier molecular flexibility index (Phi) is 3.60. The molecule has 0 spiro atoms. The van der Waals surface area contributed by atoms with Gasteiger partial charge in [0.1, 0.15) is 0 Å². The second-order valence-electron chi connectivity index (χ2n) is 3.34. The van der Waals surface area contributed by atoms with Crippen LogP contribution in [0.3, 0.4) is 0 Å². The lowest BCUT2D eigenvalue weighted by Crippen LogP contribution is -2.32. The molecule has 1 N–H and O–H groups in total. The molecule has 0 saturated heterocycles. The van der Waals surface area contributed by atoms with E-state index in [0.717, 1.165) is 0 Å². The topological polar surface area (TPSA) is 76.0 Å². The third-order valence-electron chi connectivity index (χ3n) is 2.16. The van der Waals surface area contributed by atoms with E-state index in [-0.39, 0.29) is 5.92 Å². The van der Waals surface area contributed by atoms with E-state index in [9.17, 15) is 9.59 Å². The molecule has 0 saturated carbocycles. The van der Waals surface area contributed by atoms with Gasteiger partial charge in [0.25, 0.3) is 0 Å². The maximum Gasteiger partial charge on any atom is 0.434 e. The molecule has 0 aromatic carbocycles. The van der Waals surface area contributed by atoms with Crippen LogP contribution in [0.2, 0.25) is 0 Å². The van der Waals surface area contributed by atoms with E-state index in [4.69, 9.17) is 5.11 Å². The predicted molar refractivity (Wildman–Crippen MR) is 53.9 cm³/mol. The molecule has 0 unspecified atom stereocenters. The number of aliphatic carboxylic acids is 1. The van der Waals surface area contributed by atoms with Gasteiger partial charge in [-0.05, 0) is 13.3 Å². The highest BCUT2D eigenvalue weighted by Crippen LogP contribution is 2.18. The number of carboxylic acid groups (broad SMARTS) is 1. The Balaban J connectivity index is 2.77. The summed E-state index contributed by atoms with van der Waals surface area (Å²) in [5, 5.41) is 8.80. The highest BCUT2D eigenvalue weighted by Gasteiger charge is 2.36. The summed E-state index contributed by atoms with van der Waals surface area (Å²) in [6.45, 7) is 3.69. The van der Waals surface area contributed by atoms with Gasteiger partial charge in [0, 0.05) is 5.92 Å². The monoisotopic (exact) mass is 211 g/mol. The molecular weight excluding hydrogens is 198 g/mol. The number of carboxylic acids is 1. The van der Waals surface area contributed by atoms with Gasteiger partial charge < -0.3 is 9.84 Å². The zero-order chi connectivity index (χ0) is 11.4. The summed E-state index contributed by atoms with van der Waals surface area (Å²) in [7, 11) is 0. The van der Waals surface area contributed by atoms with E-state index in [0.29, 0.717) is 12.1 Å². The van der Waals surface area contributed by atoms with Gasteiger partial charge in [-0.25, -0.2) is 9.59 Å². The van der Waals surface area contributed by atoms with Crippen LogP contribution in [0.1, 0.15) is 20.3 Å². The molecule has 0 aliphatic carbocycles. The van der Waals surface area contributed by atoms with Crippen molar-refractivity contribution in [2.45, 2.75) is 26.4 Å². The largest absolute Gasteiger partial charge is 0.478 e. The molecular formula is C10H13NO4. The minimum atomic E-state index is -1.21. The molecule has 5 nitrogen and oxygen atoms in total. The van der Waals surface area contributed by atoms with Crippen molar-refractivity contribution in [3.63, 3.8) is 0 Å². The van der Waals surface area contributed by atoms with Crippen LogP contribution in [-0.4, -0.2) is 29.0 Å². The zero-order valence-corrected chi connectivity index (χ0v) is 8.64. The van der Waals surface area contributed by atoms with E-state index >= 15 is 0 Å². The van der Waals surface area contributed by atoms with Gasteiger partial charge in [-0.2, -0.15) is 4.99 Å². The van der Waals surface area contributed by atoms with Gasteiger partial charge in [-0.1, -0.05) is 19.1 Å². The van der Waals surface area contributed by atoms with Crippen molar-refractivity contribution in [2.75, 3.05) is 0 Å². The maximum absolute atomic E-state index is 10.9. The predicted octanol–water partition coefficient (Wildman–Crippen LogP) is 1.63. The summed E-state index contributed by atoms with van der Waals surface area (Å²) in [6.07, 6.45) is 2.39. The Labute approximate surface area is 87.5 Å².